The lowest BCUT2D eigenvalue weighted by atomic mass is 10.1. The topological polar surface area (TPSA) is 79.9 Å². The molecule has 3 amide bonds. The second-order valence-corrected chi connectivity index (χ2v) is 7.38. The highest BCUT2D eigenvalue weighted by Crippen LogP contribution is 2.31. The Balaban J connectivity index is 1.57. The summed E-state index contributed by atoms with van der Waals surface area (Å²) in [6.07, 6.45) is 0.790. The Kier molecular flexibility index (Phi) is 6.26. The van der Waals surface area contributed by atoms with E-state index < -0.39 is 12.1 Å². The summed E-state index contributed by atoms with van der Waals surface area (Å²) in [5.41, 5.74) is 3.19. The fourth-order valence-corrected chi connectivity index (χ4v) is 3.85. The van der Waals surface area contributed by atoms with E-state index in [1.165, 1.54) is 7.11 Å². The molecule has 0 bridgehead atoms. The van der Waals surface area contributed by atoms with Gasteiger partial charge in [0.05, 0.1) is 19.9 Å². The van der Waals surface area contributed by atoms with E-state index in [-0.39, 0.29) is 5.91 Å². The van der Waals surface area contributed by atoms with E-state index in [1.807, 2.05) is 54.6 Å². The number of fused-ring (bicyclic) bond motifs is 1. The Bertz CT molecular complexity index is 1120. The maximum Gasteiger partial charge on any atom is 0.320 e. The molecule has 0 saturated heterocycles. The summed E-state index contributed by atoms with van der Waals surface area (Å²) in [4.78, 5) is 28.2. The SMILES string of the molecule is COc1ccc(NC(=O)N[C@H](C(=O)N2CCc3ccccc32)c2ccccc2)c(OC)c1. The van der Waals surface area contributed by atoms with Crippen molar-refractivity contribution < 1.29 is 19.1 Å². The van der Waals surface area contributed by atoms with Crippen molar-refractivity contribution in [3.63, 3.8) is 0 Å². The number of hydrogen-bond acceptors (Lipinski definition) is 4. The van der Waals surface area contributed by atoms with Crippen molar-refractivity contribution in [3.8, 4) is 11.5 Å². The number of rotatable bonds is 6. The zero-order valence-corrected chi connectivity index (χ0v) is 18.0. The Morgan fingerprint density at radius 3 is 2.44 bits per heavy atom. The van der Waals surface area contributed by atoms with Crippen molar-refractivity contribution in [3.05, 3.63) is 83.9 Å². The van der Waals surface area contributed by atoms with E-state index in [1.54, 1.807) is 30.2 Å². The molecule has 0 aromatic heterocycles. The first-order valence-electron chi connectivity index (χ1n) is 10.3. The fourth-order valence-electron chi connectivity index (χ4n) is 3.85. The molecule has 0 fully saturated rings. The van der Waals surface area contributed by atoms with Gasteiger partial charge in [-0.1, -0.05) is 48.5 Å². The molecule has 0 radical (unpaired) electrons. The Hall–Kier alpha value is -4.00. The maximum atomic E-state index is 13.5. The van der Waals surface area contributed by atoms with E-state index in [4.69, 9.17) is 9.47 Å². The van der Waals surface area contributed by atoms with Gasteiger partial charge in [-0.2, -0.15) is 0 Å². The first-order valence-corrected chi connectivity index (χ1v) is 10.3. The summed E-state index contributed by atoms with van der Waals surface area (Å²) < 4.78 is 10.5. The third-order valence-corrected chi connectivity index (χ3v) is 5.47. The van der Waals surface area contributed by atoms with E-state index in [0.29, 0.717) is 29.3 Å². The van der Waals surface area contributed by atoms with Gasteiger partial charge in [0, 0.05) is 18.3 Å². The van der Waals surface area contributed by atoms with Gasteiger partial charge in [-0.05, 0) is 35.7 Å². The summed E-state index contributed by atoms with van der Waals surface area (Å²) in [5.74, 6) is 0.881. The van der Waals surface area contributed by atoms with E-state index in [9.17, 15) is 9.59 Å². The molecule has 4 rings (SSSR count). The van der Waals surface area contributed by atoms with Gasteiger partial charge < -0.3 is 25.0 Å². The molecule has 0 unspecified atom stereocenters. The zero-order chi connectivity index (χ0) is 22.5. The van der Waals surface area contributed by atoms with Crippen LogP contribution in [-0.4, -0.2) is 32.7 Å². The van der Waals surface area contributed by atoms with Crippen LogP contribution in [0.1, 0.15) is 17.2 Å². The summed E-state index contributed by atoms with van der Waals surface area (Å²) in [7, 11) is 3.07. The molecule has 0 aliphatic carbocycles. The quantitative estimate of drug-likeness (QED) is 0.614. The monoisotopic (exact) mass is 431 g/mol. The highest BCUT2D eigenvalue weighted by atomic mass is 16.5. The van der Waals surface area contributed by atoms with Gasteiger partial charge in [-0.3, -0.25) is 4.79 Å². The summed E-state index contributed by atoms with van der Waals surface area (Å²) in [5, 5.41) is 5.62. The van der Waals surface area contributed by atoms with Gasteiger partial charge in [-0.15, -0.1) is 0 Å². The average Bonchev–Trinajstić information content (AvgIpc) is 3.27. The van der Waals surface area contributed by atoms with Crippen molar-refractivity contribution in [2.24, 2.45) is 0 Å². The van der Waals surface area contributed by atoms with Gasteiger partial charge in [0.2, 0.25) is 0 Å². The van der Waals surface area contributed by atoms with Crippen molar-refractivity contribution in [2.75, 3.05) is 31.0 Å². The second kappa shape index (κ2) is 9.43. The smallest absolute Gasteiger partial charge is 0.320 e. The van der Waals surface area contributed by atoms with Crippen LogP contribution in [0, 0.1) is 0 Å². The third kappa shape index (κ3) is 4.37. The predicted molar refractivity (Wildman–Crippen MR) is 123 cm³/mol. The number of para-hydroxylation sites is 1. The first kappa shape index (κ1) is 21.2. The van der Waals surface area contributed by atoms with Crippen LogP contribution in [0.2, 0.25) is 0 Å². The van der Waals surface area contributed by atoms with Crippen LogP contribution >= 0.6 is 0 Å². The van der Waals surface area contributed by atoms with Crippen molar-refractivity contribution in [2.45, 2.75) is 12.5 Å². The largest absolute Gasteiger partial charge is 0.497 e. The van der Waals surface area contributed by atoms with Crippen molar-refractivity contribution in [1.82, 2.24) is 5.32 Å². The number of hydrogen-bond donors (Lipinski definition) is 2. The number of nitrogens with one attached hydrogen (secondary N) is 2. The highest BCUT2D eigenvalue weighted by molar-refractivity contribution is 6.02. The fraction of sp³-hybridized carbons (Fsp3) is 0.200. The number of nitrogens with zero attached hydrogens (tertiary/aromatic N) is 1. The Morgan fingerprint density at radius 1 is 0.938 bits per heavy atom. The Labute approximate surface area is 187 Å². The van der Waals surface area contributed by atoms with Gasteiger partial charge in [0.1, 0.15) is 17.5 Å². The molecule has 1 aliphatic heterocycles. The summed E-state index contributed by atoms with van der Waals surface area (Å²) >= 11 is 0. The van der Waals surface area contributed by atoms with Crippen LogP contribution in [0.3, 0.4) is 0 Å². The average molecular weight is 431 g/mol. The molecule has 0 saturated carbocycles. The third-order valence-electron chi connectivity index (χ3n) is 5.47. The molecule has 3 aromatic rings. The molecule has 2 N–H and O–H groups in total. The molecular formula is C25H25N3O4. The normalized spacial score (nSPS) is 13.1. The van der Waals surface area contributed by atoms with Crippen LogP contribution in [0.5, 0.6) is 11.5 Å². The molecular weight excluding hydrogens is 406 g/mol. The number of amides is 3. The minimum absolute atomic E-state index is 0.182. The van der Waals surface area contributed by atoms with Crippen molar-refractivity contribution >= 4 is 23.3 Å². The van der Waals surface area contributed by atoms with Crippen LogP contribution in [0.15, 0.2) is 72.8 Å². The second-order valence-electron chi connectivity index (χ2n) is 7.38. The first-order chi connectivity index (χ1) is 15.6. The van der Waals surface area contributed by atoms with E-state index in [2.05, 4.69) is 10.6 Å². The predicted octanol–water partition coefficient (Wildman–Crippen LogP) is 4.16. The van der Waals surface area contributed by atoms with Crippen LogP contribution in [0.4, 0.5) is 16.2 Å². The van der Waals surface area contributed by atoms with Crippen LogP contribution in [0.25, 0.3) is 0 Å². The molecule has 1 atom stereocenters. The molecule has 7 heteroatoms. The number of methoxy groups -OCH3 is 2. The van der Waals surface area contributed by atoms with Gasteiger partial charge >= 0.3 is 6.03 Å². The molecule has 7 nitrogen and oxygen atoms in total. The molecule has 32 heavy (non-hydrogen) atoms. The lowest BCUT2D eigenvalue weighted by Gasteiger charge is -2.25. The number of ether oxygens (including phenoxy) is 2. The standard InChI is InChI=1S/C25H25N3O4/c1-31-19-12-13-20(22(16-19)32-2)26-25(30)27-23(18-9-4-3-5-10-18)24(29)28-15-14-17-8-6-7-11-21(17)28/h3-13,16,23H,14-15H2,1-2H3,(H2,26,27,30)/t23-/m0/s1. The summed E-state index contributed by atoms with van der Waals surface area (Å²) in [6, 6.07) is 20.8. The number of benzene rings is 3. The van der Waals surface area contributed by atoms with Gasteiger partial charge in [0.15, 0.2) is 0 Å². The van der Waals surface area contributed by atoms with E-state index in [0.717, 1.165) is 17.7 Å². The van der Waals surface area contributed by atoms with Gasteiger partial charge in [0.25, 0.3) is 5.91 Å². The molecule has 0 spiro atoms. The molecule has 164 valence electrons. The number of urea groups is 1. The van der Waals surface area contributed by atoms with Gasteiger partial charge in [-0.25, -0.2) is 4.79 Å². The number of anilines is 2. The summed E-state index contributed by atoms with van der Waals surface area (Å²) in [6.45, 7) is 0.580. The highest BCUT2D eigenvalue weighted by Gasteiger charge is 2.32. The van der Waals surface area contributed by atoms with Crippen LogP contribution < -0.4 is 25.0 Å². The molecule has 3 aromatic carbocycles. The number of carbonyl (C=O) groups is 2. The lowest BCUT2D eigenvalue weighted by Crippen LogP contribution is -2.43. The molecule has 1 heterocycles. The zero-order valence-electron chi connectivity index (χ0n) is 18.0. The minimum Gasteiger partial charge on any atom is -0.497 e. The van der Waals surface area contributed by atoms with Crippen LogP contribution in [-0.2, 0) is 11.2 Å². The maximum absolute atomic E-state index is 13.5. The van der Waals surface area contributed by atoms with E-state index >= 15 is 0 Å². The minimum atomic E-state index is -0.841. The molecule has 1 aliphatic rings. The van der Waals surface area contributed by atoms with Crippen molar-refractivity contribution in [1.29, 1.82) is 0 Å². The lowest BCUT2D eigenvalue weighted by molar-refractivity contribution is -0.120. The Morgan fingerprint density at radius 2 is 1.69 bits per heavy atom. The number of carbonyl (C=O) groups excluding carboxylic acids is 2.